The molecule has 7 nitrogen and oxygen atoms in total. The van der Waals surface area contributed by atoms with Crippen LogP contribution in [0.3, 0.4) is 0 Å². The van der Waals surface area contributed by atoms with Crippen molar-refractivity contribution in [3.05, 3.63) is 46.1 Å². The van der Waals surface area contributed by atoms with Gasteiger partial charge < -0.3 is 10.4 Å². The number of nitrogens with one attached hydrogen (secondary N) is 1. The highest BCUT2D eigenvalue weighted by atomic mass is 32.3. The molecule has 3 heterocycles. The maximum Gasteiger partial charge on any atom is 0.277 e. The lowest BCUT2D eigenvalue weighted by Gasteiger charge is -2.24. The van der Waals surface area contributed by atoms with Crippen LogP contribution in [0.15, 0.2) is 41.2 Å². The normalized spacial score (nSPS) is 16.2. The van der Waals surface area contributed by atoms with Crippen LogP contribution >= 0.6 is 24.2 Å². The smallest absolute Gasteiger partial charge is 0.277 e. The molecule has 1 aliphatic rings. The highest BCUT2D eigenvalue weighted by molar-refractivity contribution is 8.00. The third-order valence-electron chi connectivity index (χ3n) is 3.09. The second kappa shape index (κ2) is 5.55. The van der Waals surface area contributed by atoms with Gasteiger partial charge in [-0.05, 0) is 37.9 Å². The minimum absolute atomic E-state index is 0.0565. The van der Waals surface area contributed by atoms with Crippen LogP contribution in [-0.2, 0) is 14.8 Å². The fourth-order valence-corrected chi connectivity index (χ4v) is 5.07. The molecule has 2 aromatic rings. The SMILES string of the molecule is Cc1cc2c(s1)C(C(=O)Nc1ccccn1)=C(O)N(S)S2(=O)=O. The Morgan fingerprint density at radius 3 is 2.83 bits per heavy atom. The number of aliphatic hydroxyl groups is 1. The first-order valence-electron chi connectivity index (χ1n) is 6.33. The van der Waals surface area contributed by atoms with Crippen molar-refractivity contribution in [3.8, 4) is 0 Å². The average molecular weight is 369 g/mol. The summed E-state index contributed by atoms with van der Waals surface area (Å²) >= 11 is 4.90. The third-order valence-corrected chi connectivity index (χ3v) is 6.63. The van der Waals surface area contributed by atoms with Crippen LogP contribution in [0.2, 0.25) is 0 Å². The predicted octanol–water partition coefficient (Wildman–Crippen LogP) is 2.17. The van der Waals surface area contributed by atoms with E-state index >= 15 is 0 Å². The number of thiol groups is 1. The van der Waals surface area contributed by atoms with Gasteiger partial charge in [0.15, 0.2) is 0 Å². The number of fused-ring (bicyclic) bond motifs is 1. The number of nitrogens with zero attached hydrogens (tertiary/aromatic N) is 2. The van der Waals surface area contributed by atoms with Crippen molar-refractivity contribution >= 4 is 51.5 Å². The van der Waals surface area contributed by atoms with E-state index in [1.807, 2.05) is 0 Å². The summed E-state index contributed by atoms with van der Waals surface area (Å²) in [6.07, 6.45) is 1.50. The summed E-state index contributed by atoms with van der Waals surface area (Å²) in [5, 5.41) is 12.7. The number of anilines is 1. The second-order valence-electron chi connectivity index (χ2n) is 4.67. The summed E-state index contributed by atoms with van der Waals surface area (Å²) in [5.41, 5.74) is -0.159. The van der Waals surface area contributed by atoms with Crippen molar-refractivity contribution in [1.29, 1.82) is 0 Å². The molecule has 0 saturated heterocycles. The summed E-state index contributed by atoms with van der Waals surface area (Å²) in [5.74, 6) is -1.12. The molecular weight excluding hydrogens is 358 g/mol. The van der Waals surface area contributed by atoms with Crippen molar-refractivity contribution in [2.24, 2.45) is 0 Å². The molecule has 2 N–H and O–H groups in total. The van der Waals surface area contributed by atoms with Crippen molar-refractivity contribution in [1.82, 2.24) is 8.69 Å². The Kier molecular flexibility index (Phi) is 3.82. The number of sulfonamides is 1. The van der Waals surface area contributed by atoms with Gasteiger partial charge in [-0.25, -0.2) is 13.4 Å². The largest absolute Gasteiger partial charge is 0.493 e. The molecule has 0 aromatic carbocycles. The van der Waals surface area contributed by atoms with Gasteiger partial charge in [0.25, 0.3) is 15.9 Å². The van der Waals surface area contributed by atoms with Crippen LogP contribution in [0.1, 0.15) is 9.75 Å². The van der Waals surface area contributed by atoms with E-state index in [4.69, 9.17) is 0 Å². The minimum atomic E-state index is -3.98. The zero-order valence-corrected chi connectivity index (χ0v) is 14.2. The highest BCUT2D eigenvalue weighted by Crippen LogP contribution is 2.41. The van der Waals surface area contributed by atoms with Crippen molar-refractivity contribution in [2.45, 2.75) is 11.8 Å². The van der Waals surface area contributed by atoms with Crippen LogP contribution in [0.25, 0.3) is 5.57 Å². The van der Waals surface area contributed by atoms with E-state index < -0.39 is 21.8 Å². The van der Waals surface area contributed by atoms with Crippen LogP contribution in [-0.4, -0.2) is 28.1 Å². The van der Waals surface area contributed by atoms with Crippen LogP contribution in [0.5, 0.6) is 0 Å². The van der Waals surface area contributed by atoms with Crippen molar-refractivity contribution in [2.75, 3.05) is 5.32 Å². The first-order chi connectivity index (χ1) is 10.8. The Morgan fingerprint density at radius 1 is 1.43 bits per heavy atom. The molecule has 0 radical (unpaired) electrons. The zero-order chi connectivity index (χ0) is 16.8. The van der Waals surface area contributed by atoms with Gasteiger partial charge in [0, 0.05) is 11.1 Å². The molecule has 0 saturated carbocycles. The predicted molar refractivity (Wildman–Crippen MR) is 89.5 cm³/mol. The van der Waals surface area contributed by atoms with Gasteiger partial charge in [-0.3, -0.25) is 4.79 Å². The number of pyridine rings is 1. The van der Waals surface area contributed by atoms with E-state index in [0.29, 0.717) is 8.59 Å². The standard InChI is InChI=1S/C13H11N3O4S3/c1-7-6-8-11(22-7)10(13(18)16(21)23(8,19)20)12(17)15-9-4-2-3-5-14-9/h2-6,18,21H,1H3,(H,14,15,17). The maximum absolute atomic E-state index is 12.5. The number of hydrogen-bond donors (Lipinski definition) is 3. The first-order valence-corrected chi connectivity index (χ1v) is 8.98. The summed E-state index contributed by atoms with van der Waals surface area (Å²) in [6.45, 7) is 1.71. The van der Waals surface area contributed by atoms with Gasteiger partial charge in [0.1, 0.15) is 16.3 Å². The van der Waals surface area contributed by atoms with E-state index in [1.165, 1.54) is 12.3 Å². The van der Waals surface area contributed by atoms with E-state index in [-0.39, 0.29) is 21.2 Å². The second-order valence-corrected chi connectivity index (χ2v) is 8.35. The number of amides is 1. The fourth-order valence-electron chi connectivity index (χ4n) is 2.08. The lowest BCUT2D eigenvalue weighted by Crippen LogP contribution is -2.30. The molecule has 1 aliphatic heterocycles. The van der Waals surface area contributed by atoms with Crippen LogP contribution in [0.4, 0.5) is 5.82 Å². The number of carbonyl (C=O) groups excluding carboxylic acids is 1. The number of hydrogen-bond acceptors (Lipinski definition) is 7. The Hall–Kier alpha value is -2.04. The maximum atomic E-state index is 12.5. The van der Waals surface area contributed by atoms with Crippen LogP contribution < -0.4 is 5.32 Å². The first kappa shape index (κ1) is 15.8. The third kappa shape index (κ3) is 2.58. The summed E-state index contributed by atoms with van der Waals surface area (Å²) < 4.78 is 24.9. The van der Waals surface area contributed by atoms with Gasteiger partial charge in [-0.15, -0.1) is 11.3 Å². The van der Waals surface area contributed by atoms with Crippen molar-refractivity contribution < 1.29 is 18.3 Å². The molecular formula is C13H11N3O4S3. The lowest BCUT2D eigenvalue weighted by atomic mass is 10.2. The van der Waals surface area contributed by atoms with Crippen LogP contribution in [0, 0.1) is 6.92 Å². The Morgan fingerprint density at radius 2 is 2.17 bits per heavy atom. The molecule has 1 amide bonds. The Balaban J connectivity index is 2.10. The van der Waals surface area contributed by atoms with Gasteiger partial charge in [0.2, 0.25) is 5.88 Å². The molecule has 0 bridgehead atoms. The number of thiophene rings is 1. The summed E-state index contributed by atoms with van der Waals surface area (Å²) in [7, 11) is -3.98. The highest BCUT2D eigenvalue weighted by Gasteiger charge is 2.40. The van der Waals surface area contributed by atoms with Gasteiger partial charge in [-0.1, -0.05) is 6.07 Å². The molecule has 3 rings (SSSR count). The molecule has 23 heavy (non-hydrogen) atoms. The molecule has 0 spiro atoms. The number of carbonyl (C=O) groups is 1. The number of rotatable bonds is 2. The fraction of sp³-hybridized carbons (Fsp3) is 0.0769. The molecule has 0 fully saturated rings. The van der Waals surface area contributed by atoms with Crippen molar-refractivity contribution in [3.63, 3.8) is 0 Å². The molecule has 0 unspecified atom stereocenters. The number of aliphatic hydroxyl groups excluding tert-OH is 1. The zero-order valence-electron chi connectivity index (χ0n) is 11.7. The molecule has 2 aromatic heterocycles. The molecule has 0 aliphatic carbocycles. The quantitative estimate of drug-likeness (QED) is 0.705. The molecule has 0 atom stereocenters. The Bertz CT molecular complexity index is 919. The number of aryl methyl sites for hydroxylation is 1. The Labute approximate surface area is 141 Å². The van der Waals surface area contributed by atoms with E-state index in [2.05, 4.69) is 23.1 Å². The van der Waals surface area contributed by atoms with E-state index in [9.17, 15) is 18.3 Å². The minimum Gasteiger partial charge on any atom is -0.493 e. The summed E-state index contributed by atoms with van der Waals surface area (Å²) in [4.78, 5) is 17.3. The van der Waals surface area contributed by atoms with Gasteiger partial charge >= 0.3 is 0 Å². The summed E-state index contributed by atoms with van der Waals surface area (Å²) in [6, 6.07) is 6.40. The van der Waals surface area contributed by atoms with E-state index in [1.54, 1.807) is 25.1 Å². The molecule has 10 heteroatoms. The lowest BCUT2D eigenvalue weighted by molar-refractivity contribution is -0.111. The molecule has 120 valence electrons. The number of aromatic nitrogens is 1. The van der Waals surface area contributed by atoms with E-state index in [0.717, 1.165) is 11.3 Å². The monoisotopic (exact) mass is 369 g/mol. The average Bonchev–Trinajstić information content (AvgIpc) is 2.89. The van der Waals surface area contributed by atoms with Gasteiger partial charge in [0.05, 0.1) is 4.88 Å². The topological polar surface area (TPSA) is 99.6 Å². The van der Waals surface area contributed by atoms with Gasteiger partial charge in [-0.2, -0.15) is 3.71 Å².